The predicted octanol–water partition coefficient (Wildman–Crippen LogP) is 1.44. The van der Waals surface area contributed by atoms with E-state index in [-0.39, 0.29) is 0 Å². The fourth-order valence-corrected chi connectivity index (χ4v) is 2.50. The van der Waals surface area contributed by atoms with Gasteiger partial charge in [-0.2, -0.15) is 4.98 Å². The molecule has 3 rings (SSSR count). The summed E-state index contributed by atoms with van der Waals surface area (Å²) in [7, 11) is 0. The van der Waals surface area contributed by atoms with Crippen molar-refractivity contribution in [1.29, 1.82) is 0 Å². The van der Waals surface area contributed by atoms with Crippen LogP contribution in [0.4, 0.5) is 11.5 Å². The van der Waals surface area contributed by atoms with Gasteiger partial charge in [-0.1, -0.05) is 0 Å². The lowest BCUT2D eigenvalue weighted by molar-refractivity contribution is 0.783. The summed E-state index contributed by atoms with van der Waals surface area (Å²) in [6.45, 7) is 4.14. The third-order valence-corrected chi connectivity index (χ3v) is 3.05. The highest BCUT2D eigenvalue weighted by Crippen LogP contribution is 2.36. The van der Waals surface area contributed by atoms with Crippen LogP contribution in [0, 0.1) is 6.92 Å². The Morgan fingerprint density at radius 2 is 2.36 bits per heavy atom. The van der Waals surface area contributed by atoms with Crippen molar-refractivity contribution in [2.75, 3.05) is 23.3 Å². The molecule has 2 aliphatic heterocycles. The molecule has 0 saturated carbocycles. The Morgan fingerprint density at radius 1 is 1.50 bits per heavy atom. The van der Waals surface area contributed by atoms with E-state index in [0.29, 0.717) is 11.3 Å². The number of nitrogens with one attached hydrogen (secondary N) is 1. The molecule has 4 nitrogen and oxygen atoms in total. The molecule has 1 N–H and O–H groups in total. The molecule has 1 aromatic rings. The molecule has 0 amide bonds. The summed E-state index contributed by atoms with van der Waals surface area (Å²) in [5.74, 6) is 0.899. The largest absolute Gasteiger partial charge is 0.365 e. The Morgan fingerprint density at radius 3 is 3.21 bits per heavy atom. The molecule has 3 heterocycles. The van der Waals surface area contributed by atoms with Crippen LogP contribution in [-0.4, -0.2) is 29.1 Å². The van der Waals surface area contributed by atoms with Crippen molar-refractivity contribution in [1.82, 2.24) is 9.97 Å². The summed E-state index contributed by atoms with van der Waals surface area (Å²) in [5.41, 5.74) is 2.09. The van der Waals surface area contributed by atoms with Crippen molar-refractivity contribution in [2.24, 2.45) is 0 Å². The standard InChI is InChI=1S/C9H11ClN4/c1-5-7-8(13-9(10)11-5)12-6-2-3-14(7)4-6/h6H,2-4H2,1H3,(H,11,12,13)/t6-/m0/s1. The number of aryl methyl sites for hydroxylation is 1. The van der Waals surface area contributed by atoms with Crippen LogP contribution in [0.15, 0.2) is 0 Å². The minimum absolute atomic E-state index is 0.330. The van der Waals surface area contributed by atoms with Gasteiger partial charge in [0.1, 0.15) is 5.69 Å². The zero-order valence-electron chi connectivity index (χ0n) is 7.92. The number of hydrogen-bond donors (Lipinski definition) is 1. The minimum atomic E-state index is 0.330. The summed E-state index contributed by atoms with van der Waals surface area (Å²) in [6.07, 6.45) is 1.17. The Labute approximate surface area is 87.3 Å². The van der Waals surface area contributed by atoms with Gasteiger partial charge in [0.25, 0.3) is 0 Å². The molecule has 2 bridgehead atoms. The summed E-state index contributed by atoms with van der Waals surface area (Å²) < 4.78 is 0. The molecule has 5 heteroatoms. The summed E-state index contributed by atoms with van der Waals surface area (Å²) in [6, 6.07) is 0.535. The highest BCUT2D eigenvalue weighted by molar-refractivity contribution is 6.28. The number of anilines is 2. The van der Waals surface area contributed by atoms with Crippen molar-refractivity contribution >= 4 is 23.1 Å². The molecule has 74 valence electrons. The minimum Gasteiger partial charge on any atom is -0.365 e. The lowest BCUT2D eigenvalue weighted by atomic mass is 10.2. The summed E-state index contributed by atoms with van der Waals surface area (Å²) in [5, 5.41) is 3.72. The van der Waals surface area contributed by atoms with Gasteiger partial charge in [0.2, 0.25) is 5.28 Å². The molecular weight excluding hydrogens is 200 g/mol. The molecule has 0 aromatic carbocycles. The maximum atomic E-state index is 5.82. The second-order valence-electron chi connectivity index (χ2n) is 3.85. The highest BCUT2D eigenvalue weighted by atomic mass is 35.5. The Balaban J connectivity index is 2.18. The lowest BCUT2D eigenvalue weighted by Gasteiger charge is -2.28. The average molecular weight is 211 g/mol. The zero-order valence-corrected chi connectivity index (χ0v) is 8.67. The smallest absolute Gasteiger partial charge is 0.224 e. The molecule has 1 atom stereocenters. The average Bonchev–Trinajstić information content (AvgIpc) is 2.46. The number of nitrogens with zero attached hydrogens (tertiary/aromatic N) is 3. The van der Waals surface area contributed by atoms with Crippen molar-refractivity contribution in [2.45, 2.75) is 19.4 Å². The van der Waals surface area contributed by atoms with Gasteiger partial charge < -0.3 is 10.2 Å². The fraction of sp³-hybridized carbons (Fsp3) is 0.556. The number of hydrogen-bond acceptors (Lipinski definition) is 4. The van der Waals surface area contributed by atoms with E-state index in [2.05, 4.69) is 20.2 Å². The van der Waals surface area contributed by atoms with Gasteiger partial charge in [0.15, 0.2) is 5.82 Å². The number of rotatable bonds is 0. The van der Waals surface area contributed by atoms with Crippen LogP contribution in [0.1, 0.15) is 12.1 Å². The van der Waals surface area contributed by atoms with E-state index in [9.17, 15) is 0 Å². The summed E-state index contributed by atoms with van der Waals surface area (Å²) >= 11 is 5.82. The third-order valence-electron chi connectivity index (χ3n) is 2.88. The van der Waals surface area contributed by atoms with E-state index >= 15 is 0 Å². The van der Waals surface area contributed by atoms with Crippen LogP contribution < -0.4 is 10.2 Å². The topological polar surface area (TPSA) is 41.1 Å². The second kappa shape index (κ2) is 2.73. The fourth-order valence-electron chi connectivity index (χ4n) is 2.29. The first-order valence-electron chi connectivity index (χ1n) is 4.79. The van der Waals surface area contributed by atoms with E-state index in [1.807, 2.05) is 6.92 Å². The van der Waals surface area contributed by atoms with E-state index in [0.717, 1.165) is 30.3 Å². The van der Waals surface area contributed by atoms with Gasteiger partial charge in [-0.05, 0) is 24.9 Å². The summed E-state index contributed by atoms with van der Waals surface area (Å²) in [4.78, 5) is 10.7. The predicted molar refractivity (Wildman–Crippen MR) is 56.0 cm³/mol. The molecule has 1 aromatic heterocycles. The van der Waals surface area contributed by atoms with Gasteiger partial charge in [0.05, 0.1) is 5.69 Å². The molecule has 1 saturated heterocycles. The number of halogens is 1. The van der Waals surface area contributed by atoms with E-state index in [1.165, 1.54) is 6.42 Å². The van der Waals surface area contributed by atoms with Crippen LogP contribution in [0.2, 0.25) is 5.28 Å². The van der Waals surface area contributed by atoms with Crippen molar-refractivity contribution < 1.29 is 0 Å². The zero-order chi connectivity index (χ0) is 9.71. The SMILES string of the molecule is Cc1nc(Cl)nc2c1N1CC[C@@H](C1)N2. The van der Waals surface area contributed by atoms with Gasteiger partial charge in [0, 0.05) is 19.1 Å². The van der Waals surface area contributed by atoms with Gasteiger partial charge >= 0.3 is 0 Å². The Hall–Kier alpha value is -1.03. The molecule has 0 unspecified atom stereocenters. The van der Waals surface area contributed by atoms with Gasteiger partial charge in [-0.15, -0.1) is 0 Å². The molecule has 2 aliphatic rings. The Bertz CT molecular complexity index is 393. The number of aromatic nitrogens is 2. The maximum absolute atomic E-state index is 5.82. The molecule has 0 aliphatic carbocycles. The maximum Gasteiger partial charge on any atom is 0.224 e. The Kier molecular flexibility index (Phi) is 1.62. The first-order valence-corrected chi connectivity index (χ1v) is 5.17. The first kappa shape index (κ1) is 8.29. The van der Waals surface area contributed by atoms with Crippen LogP contribution in [0.5, 0.6) is 0 Å². The van der Waals surface area contributed by atoms with Crippen LogP contribution >= 0.6 is 11.6 Å². The van der Waals surface area contributed by atoms with E-state index < -0.39 is 0 Å². The highest BCUT2D eigenvalue weighted by Gasteiger charge is 2.32. The normalized spacial score (nSPS) is 23.3. The van der Waals surface area contributed by atoms with Crippen molar-refractivity contribution in [3.05, 3.63) is 11.0 Å². The van der Waals surface area contributed by atoms with Gasteiger partial charge in [-0.3, -0.25) is 0 Å². The van der Waals surface area contributed by atoms with Crippen molar-refractivity contribution in [3.8, 4) is 0 Å². The molecule has 1 fully saturated rings. The van der Waals surface area contributed by atoms with Gasteiger partial charge in [-0.25, -0.2) is 4.98 Å². The van der Waals surface area contributed by atoms with Crippen LogP contribution in [-0.2, 0) is 0 Å². The monoisotopic (exact) mass is 210 g/mol. The van der Waals surface area contributed by atoms with E-state index in [4.69, 9.17) is 11.6 Å². The quantitative estimate of drug-likeness (QED) is 0.658. The van der Waals surface area contributed by atoms with Crippen LogP contribution in [0.3, 0.4) is 0 Å². The van der Waals surface area contributed by atoms with Crippen molar-refractivity contribution in [3.63, 3.8) is 0 Å². The molecular formula is C9H11ClN4. The molecule has 0 spiro atoms. The number of fused-ring (bicyclic) bond motifs is 4. The van der Waals surface area contributed by atoms with Crippen LogP contribution in [0.25, 0.3) is 0 Å². The van der Waals surface area contributed by atoms with E-state index in [1.54, 1.807) is 0 Å². The second-order valence-corrected chi connectivity index (χ2v) is 4.19. The third kappa shape index (κ3) is 1.07. The first-order chi connectivity index (χ1) is 6.74. The molecule has 14 heavy (non-hydrogen) atoms. The molecule has 0 radical (unpaired) electrons. The lowest BCUT2D eigenvalue weighted by Crippen LogP contribution is -2.33.